The highest BCUT2D eigenvalue weighted by Crippen LogP contribution is 2.32. The number of rotatable bonds is 9. The number of nitrogens with zero attached hydrogens (tertiary/aromatic N) is 5. The summed E-state index contributed by atoms with van der Waals surface area (Å²) in [6, 6.07) is 14.4. The summed E-state index contributed by atoms with van der Waals surface area (Å²) in [6.45, 7) is 11.7. The first kappa shape index (κ1) is 32.2. The highest BCUT2D eigenvalue weighted by molar-refractivity contribution is 7.07. The van der Waals surface area contributed by atoms with Gasteiger partial charge >= 0.3 is 5.97 Å². The number of amides is 1. The van der Waals surface area contributed by atoms with Crippen LogP contribution in [0.2, 0.25) is 0 Å². The predicted octanol–water partition coefficient (Wildman–Crippen LogP) is 2.80. The lowest BCUT2D eigenvalue weighted by Gasteiger charge is -2.33. The number of likely N-dealkylation sites (N-methyl/N-ethyl adjacent to an activating group) is 1. The van der Waals surface area contributed by atoms with Crippen molar-refractivity contribution in [1.82, 2.24) is 14.4 Å². The normalized spacial score (nSPS) is 17.3. The number of ether oxygens (including phenoxy) is 2. The largest absolute Gasteiger partial charge is 0.484 e. The number of fused-ring (bicyclic) bond motifs is 1. The average molecular weight is 632 g/mol. The van der Waals surface area contributed by atoms with Crippen LogP contribution in [0.15, 0.2) is 69.6 Å². The zero-order chi connectivity index (χ0) is 32.2. The summed E-state index contributed by atoms with van der Waals surface area (Å²) in [5.41, 5.74) is 3.24. The molecule has 0 aliphatic carbocycles. The minimum Gasteiger partial charge on any atom is -0.484 e. The van der Waals surface area contributed by atoms with Crippen molar-refractivity contribution in [2.24, 2.45) is 4.99 Å². The van der Waals surface area contributed by atoms with Crippen molar-refractivity contribution in [1.29, 1.82) is 0 Å². The van der Waals surface area contributed by atoms with Crippen LogP contribution >= 0.6 is 11.3 Å². The molecule has 238 valence electrons. The Morgan fingerprint density at radius 2 is 1.71 bits per heavy atom. The van der Waals surface area contributed by atoms with Crippen molar-refractivity contribution in [2.45, 2.75) is 39.8 Å². The first-order valence-corrected chi connectivity index (χ1v) is 16.1. The Balaban J connectivity index is 1.40. The summed E-state index contributed by atoms with van der Waals surface area (Å²) in [5.74, 6) is 0.0764. The first-order chi connectivity index (χ1) is 21.5. The van der Waals surface area contributed by atoms with E-state index in [-0.39, 0.29) is 24.2 Å². The Bertz CT molecular complexity index is 1750. The Hall–Kier alpha value is -4.22. The molecule has 1 amide bonds. The molecule has 1 atom stereocenters. The number of hydrogen-bond donors (Lipinski definition) is 0. The predicted molar refractivity (Wildman–Crippen MR) is 176 cm³/mol. The maximum absolute atomic E-state index is 13.9. The van der Waals surface area contributed by atoms with Crippen LogP contribution in [0.4, 0.5) is 5.69 Å². The SMILES string of the molecule is CCN1CCN(C(=O)COc2ccc(/C=c3\sc4n(c3=O)C(c3ccc(N(C)C)cc3)C(C(=O)OC(C)C)=C(C)N=4)cc2)CC1. The standard InChI is InChI=1S/C34H41N5O5S/c1-7-37-16-18-38(19-17-37)29(40)21-43-27-14-8-24(9-15-27)20-28-32(41)39-31(25-10-12-26(13-11-25)36(5)6)30(33(42)44-22(2)3)23(4)35-34(39)45-28/h8-15,20,22,31H,7,16-19,21H2,1-6H3/b28-20-. The fourth-order valence-corrected chi connectivity index (χ4v) is 6.54. The Labute approximate surface area is 267 Å². The summed E-state index contributed by atoms with van der Waals surface area (Å²) in [7, 11) is 3.92. The van der Waals surface area contributed by atoms with E-state index in [0.29, 0.717) is 39.4 Å². The minimum atomic E-state index is -0.677. The molecule has 1 aromatic heterocycles. The van der Waals surface area contributed by atoms with Crippen molar-refractivity contribution in [3.05, 3.63) is 90.6 Å². The van der Waals surface area contributed by atoms with E-state index in [2.05, 4.69) is 16.8 Å². The molecule has 1 fully saturated rings. The van der Waals surface area contributed by atoms with E-state index in [0.717, 1.165) is 36.4 Å². The third-order valence-electron chi connectivity index (χ3n) is 8.02. The van der Waals surface area contributed by atoms with Gasteiger partial charge in [-0.1, -0.05) is 42.5 Å². The van der Waals surface area contributed by atoms with Gasteiger partial charge in [0, 0.05) is 46.0 Å². The van der Waals surface area contributed by atoms with Gasteiger partial charge in [0.05, 0.1) is 27.9 Å². The number of esters is 1. The molecular weight excluding hydrogens is 590 g/mol. The number of carbonyl (C=O) groups is 2. The average Bonchev–Trinajstić information content (AvgIpc) is 3.33. The van der Waals surface area contributed by atoms with E-state index in [1.165, 1.54) is 11.3 Å². The fraction of sp³-hybridized carbons (Fsp3) is 0.412. The zero-order valence-electron chi connectivity index (χ0n) is 26.8. The Morgan fingerprint density at radius 3 is 2.31 bits per heavy atom. The van der Waals surface area contributed by atoms with Crippen molar-refractivity contribution >= 4 is 35.0 Å². The van der Waals surface area contributed by atoms with Gasteiger partial charge in [-0.05, 0) is 68.8 Å². The molecule has 0 spiro atoms. The molecule has 10 nitrogen and oxygen atoms in total. The van der Waals surface area contributed by atoms with Crippen molar-refractivity contribution in [3.8, 4) is 5.75 Å². The molecule has 1 saturated heterocycles. The van der Waals surface area contributed by atoms with E-state index in [4.69, 9.17) is 9.47 Å². The van der Waals surface area contributed by atoms with Crippen LogP contribution < -0.4 is 24.5 Å². The Kier molecular flexibility index (Phi) is 9.89. The molecule has 45 heavy (non-hydrogen) atoms. The number of carbonyl (C=O) groups excluding carboxylic acids is 2. The highest BCUT2D eigenvalue weighted by Gasteiger charge is 2.34. The lowest BCUT2D eigenvalue weighted by molar-refractivity contribution is -0.143. The fourth-order valence-electron chi connectivity index (χ4n) is 5.49. The molecule has 0 bridgehead atoms. The lowest BCUT2D eigenvalue weighted by Crippen LogP contribution is -2.49. The topological polar surface area (TPSA) is 96.7 Å². The third-order valence-corrected chi connectivity index (χ3v) is 9.00. The van der Waals surface area contributed by atoms with Crippen LogP contribution in [0.1, 0.15) is 44.9 Å². The number of anilines is 1. The molecule has 0 N–H and O–H groups in total. The third kappa shape index (κ3) is 7.20. The van der Waals surface area contributed by atoms with Crippen molar-refractivity contribution < 1.29 is 19.1 Å². The van der Waals surface area contributed by atoms with Gasteiger partial charge in [-0.3, -0.25) is 14.2 Å². The number of allylic oxidation sites excluding steroid dienone is 1. The van der Waals surface area contributed by atoms with Crippen molar-refractivity contribution in [3.63, 3.8) is 0 Å². The monoisotopic (exact) mass is 631 g/mol. The molecular formula is C34H41N5O5S. The summed E-state index contributed by atoms with van der Waals surface area (Å²) in [6.07, 6.45) is 1.49. The molecule has 11 heteroatoms. The van der Waals surface area contributed by atoms with Crippen LogP contribution in [0.25, 0.3) is 6.08 Å². The van der Waals surface area contributed by atoms with Gasteiger partial charge in [-0.15, -0.1) is 0 Å². The van der Waals surface area contributed by atoms with E-state index in [9.17, 15) is 14.4 Å². The van der Waals surface area contributed by atoms with Crippen LogP contribution in [-0.4, -0.2) is 85.8 Å². The van der Waals surface area contributed by atoms with Gasteiger partial charge < -0.3 is 24.2 Å². The molecule has 2 aliphatic rings. The maximum atomic E-state index is 13.9. The van der Waals surface area contributed by atoms with Crippen LogP contribution in [0.3, 0.4) is 0 Å². The second kappa shape index (κ2) is 13.8. The van der Waals surface area contributed by atoms with E-state index in [1.807, 2.05) is 66.4 Å². The number of benzene rings is 2. The smallest absolute Gasteiger partial charge is 0.338 e. The quantitative estimate of drug-likeness (QED) is 0.335. The second-order valence-electron chi connectivity index (χ2n) is 11.7. The molecule has 5 rings (SSSR count). The maximum Gasteiger partial charge on any atom is 0.338 e. The zero-order valence-corrected chi connectivity index (χ0v) is 27.6. The van der Waals surface area contributed by atoms with Crippen LogP contribution in [-0.2, 0) is 14.3 Å². The van der Waals surface area contributed by atoms with E-state index >= 15 is 0 Å². The summed E-state index contributed by atoms with van der Waals surface area (Å²) in [5, 5.41) is 0. The van der Waals surface area contributed by atoms with Crippen molar-refractivity contribution in [2.75, 3.05) is 58.3 Å². The minimum absolute atomic E-state index is 0.0134. The van der Waals surface area contributed by atoms with Gasteiger partial charge in [0.15, 0.2) is 11.4 Å². The molecule has 3 heterocycles. The lowest BCUT2D eigenvalue weighted by atomic mass is 9.95. The van der Waals surface area contributed by atoms with Crippen LogP contribution in [0.5, 0.6) is 5.75 Å². The molecule has 2 aromatic carbocycles. The van der Waals surface area contributed by atoms with Gasteiger partial charge in [-0.2, -0.15) is 0 Å². The molecule has 3 aromatic rings. The number of hydrogen-bond acceptors (Lipinski definition) is 9. The molecule has 1 unspecified atom stereocenters. The number of piperazine rings is 1. The highest BCUT2D eigenvalue weighted by atomic mass is 32.1. The Morgan fingerprint density at radius 1 is 1.04 bits per heavy atom. The number of thiazole rings is 1. The van der Waals surface area contributed by atoms with Gasteiger partial charge in [0.2, 0.25) is 0 Å². The van der Waals surface area contributed by atoms with E-state index < -0.39 is 12.0 Å². The second-order valence-corrected chi connectivity index (χ2v) is 12.7. The van der Waals surface area contributed by atoms with Gasteiger partial charge in [-0.25, -0.2) is 9.79 Å². The molecule has 0 radical (unpaired) electrons. The first-order valence-electron chi connectivity index (χ1n) is 15.3. The van der Waals surface area contributed by atoms with Gasteiger partial charge in [0.25, 0.3) is 11.5 Å². The number of aromatic nitrogens is 1. The van der Waals surface area contributed by atoms with Gasteiger partial charge in [0.1, 0.15) is 5.75 Å². The molecule has 0 saturated carbocycles. The molecule has 2 aliphatic heterocycles. The summed E-state index contributed by atoms with van der Waals surface area (Å²) < 4.78 is 13.5. The van der Waals surface area contributed by atoms with E-state index in [1.54, 1.807) is 37.5 Å². The summed E-state index contributed by atoms with van der Waals surface area (Å²) >= 11 is 1.28. The van der Waals surface area contributed by atoms with Crippen LogP contribution in [0, 0.1) is 0 Å². The summed E-state index contributed by atoms with van der Waals surface area (Å²) in [4.78, 5) is 51.3.